The largest absolute Gasteiger partial charge is 0.396 e. The standard InChI is InChI=1S/C14H26N4O/c1-3-6-12-13(15)14(17(2)16-12)18-9-4-7-11(18)8-5-10-19/h11,19H,3-10,15H2,1-2H3. The summed E-state index contributed by atoms with van der Waals surface area (Å²) in [7, 11) is 1.98. The zero-order valence-electron chi connectivity index (χ0n) is 12.1. The van der Waals surface area contributed by atoms with E-state index in [4.69, 9.17) is 10.8 Å². The zero-order chi connectivity index (χ0) is 13.8. The summed E-state index contributed by atoms with van der Waals surface area (Å²) in [5, 5.41) is 13.6. The van der Waals surface area contributed by atoms with Crippen LogP contribution in [0.5, 0.6) is 0 Å². The lowest BCUT2D eigenvalue weighted by Crippen LogP contribution is -2.31. The molecular weight excluding hydrogens is 240 g/mol. The molecule has 1 fully saturated rings. The van der Waals surface area contributed by atoms with Gasteiger partial charge in [-0.3, -0.25) is 4.68 Å². The van der Waals surface area contributed by atoms with E-state index < -0.39 is 0 Å². The summed E-state index contributed by atoms with van der Waals surface area (Å²) >= 11 is 0. The number of aliphatic hydroxyl groups excluding tert-OH is 1. The fraction of sp³-hybridized carbons (Fsp3) is 0.786. The Kier molecular flexibility index (Phi) is 4.69. The number of anilines is 2. The average Bonchev–Trinajstić information content (AvgIpc) is 2.93. The summed E-state index contributed by atoms with van der Waals surface area (Å²) < 4.78 is 1.93. The predicted molar refractivity (Wildman–Crippen MR) is 78.3 cm³/mol. The van der Waals surface area contributed by atoms with E-state index in [0.717, 1.165) is 49.4 Å². The number of aryl methyl sites for hydroxylation is 2. The molecule has 0 radical (unpaired) electrons. The topological polar surface area (TPSA) is 67.3 Å². The van der Waals surface area contributed by atoms with Gasteiger partial charge >= 0.3 is 0 Å². The Bertz CT molecular complexity index is 416. The van der Waals surface area contributed by atoms with Crippen LogP contribution in [0, 0.1) is 0 Å². The highest BCUT2D eigenvalue weighted by atomic mass is 16.2. The minimum atomic E-state index is 0.270. The number of hydrogen-bond acceptors (Lipinski definition) is 4. The van der Waals surface area contributed by atoms with Crippen molar-refractivity contribution in [3.05, 3.63) is 5.69 Å². The molecule has 2 rings (SSSR count). The van der Waals surface area contributed by atoms with Crippen LogP contribution in [0.1, 0.15) is 44.7 Å². The molecule has 1 unspecified atom stereocenters. The maximum Gasteiger partial charge on any atom is 0.150 e. The molecule has 1 saturated heterocycles. The van der Waals surface area contributed by atoms with Gasteiger partial charge < -0.3 is 15.7 Å². The molecule has 1 aliphatic heterocycles. The third-order valence-corrected chi connectivity index (χ3v) is 3.96. The third kappa shape index (κ3) is 2.86. The first-order chi connectivity index (χ1) is 9.19. The SMILES string of the molecule is CCCc1nn(C)c(N2CCCC2CCCO)c1N. The van der Waals surface area contributed by atoms with E-state index >= 15 is 0 Å². The first-order valence-electron chi connectivity index (χ1n) is 7.37. The number of aromatic nitrogens is 2. The Morgan fingerprint density at radius 1 is 1.47 bits per heavy atom. The summed E-state index contributed by atoms with van der Waals surface area (Å²) in [5.74, 6) is 1.07. The van der Waals surface area contributed by atoms with Crippen LogP contribution in [0.25, 0.3) is 0 Å². The van der Waals surface area contributed by atoms with Crippen molar-refractivity contribution in [3.8, 4) is 0 Å². The first-order valence-corrected chi connectivity index (χ1v) is 7.37. The minimum absolute atomic E-state index is 0.270. The van der Waals surface area contributed by atoms with Crippen LogP contribution in [0.15, 0.2) is 0 Å². The van der Waals surface area contributed by atoms with Gasteiger partial charge in [0.1, 0.15) is 0 Å². The molecule has 0 aromatic carbocycles. The van der Waals surface area contributed by atoms with Crippen LogP contribution in [-0.4, -0.2) is 34.1 Å². The van der Waals surface area contributed by atoms with E-state index in [1.165, 1.54) is 12.8 Å². The molecule has 0 spiro atoms. The number of nitrogens with two attached hydrogens (primary N) is 1. The van der Waals surface area contributed by atoms with Gasteiger partial charge in [0.05, 0.1) is 11.4 Å². The molecule has 0 aliphatic carbocycles. The fourth-order valence-electron chi connectivity index (χ4n) is 3.09. The van der Waals surface area contributed by atoms with Crippen molar-refractivity contribution in [1.29, 1.82) is 0 Å². The number of nitrogens with zero attached hydrogens (tertiary/aromatic N) is 3. The van der Waals surface area contributed by atoms with Gasteiger partial charge in [-0.2, -0.15) is 5.10 Å². The molecule has 108 valence electrons. The lowest BCUT2D eigenvalue weighted by atomic mass is 10.1. The van der Waals surface area contributed by atoms with Gasteiger partial charge in [0, 0.05) is 26.2 Å². The average molecular weight is 266 g/mol. The van der Waals surface area contributed by atoms with Crippen molar-refractivity contribution >= 4 is 11.5 Å². The quantitative estimate of drug-likeness (QED) is 0.822. The Morgan fingerprint density at radius 3 is 2.95 bits per heavy atom. The Balaban J connectivity index is 2.20. The highest BCUT2D eigenvalue weighted by molar-refractivity contribution is 5.67. The second-order valence-corrected chi connectivity index (χ2v) is 5.41. The zero-order valence-corrected chi connectivity index (χ0v) is 12.1. The smallest absolute Gasteiger partial charge is 0.150 e. The number of aliphatic hydroxyl groups is 1. The van der Waals surface area contributed by atoms with Crippen molar-refractivity contribution in [2.45, 2.75) is 51.5 Å². The van der Waals surface area contributed by atoms with E-state index in [1.54, 1.807) is 0 Å². The van der Waals surface area contributed by atoms with E-state index in [1.807, 2.05) is 11.7 Å². The van der Waals surface area contributed by atoms with Crippen LogP contribution in [0.2, 0.25) is 0 Å². The van der Waals surface area contributed by atoms with Crippen LogP contribution >= 0.6 is 0 Å². The van der Waals surface area contributed by atoms with Crippen LogP contribution < -0.4 is 10.6 Å². The summed E-state index contributed by atoms with van der Waals surface area (Å²) in [6.07, 6.45) is 6.28. The fourth-order valence-corrected chi connectivity index (χ4v) is 3.09. The highest BCUT2D eigenvalue weighted by Gasteiger charge is 2.29. The van der Waals surface area contributed by atoms with Crippen LogP contribution in [0.4, 0.5) is 11.5 Å². The van der Waals surface area contributed by atoms with Gasteiger partial charge in [0.25, 0.3) is 0 Å². The number of rotatable bonds is 6. The van der Waals surface area contributed by atoms with Crippen LogP contribution in [-0.2, 0) is 13.5 Å². The maximum absolute atomic E-state index is 9.01. The molecule has 0 amide bonds. The Labute approximate surface area is 115 Å². The lowest BCUT2D eigenvalue weighted by molar-refractivity contribution is 0.279. The van der Waals surface area contributed by atoms with E-state index in [-0.39, 0.29) is 6.61 Å². The minimum Gasteiger partial charge on any atom is -0.396 e. The molecule has 3 N–H and O–H groups in total. The Hall–Kier alpha value is -1.23. The molecule has 19 heavy (non-hydrogen) atoms. The van der Waals surface area contributed by atoms with Gasteiger partial charge in [-0.25, -0.2) is 0 Å². The predicted octanol–water partition coefficient (Wildman–Crippen LogP) is 1.70. The molecule has 1 aliphatic rings. The molecule has 0 bridgehead atoms. The van der Waals surface area contributed by atoms with Gasteiger partial charge in [-0.05, 0) is 32.1 Å². The molecule has 2 heterocycles. The highest BCUT2D eigenvalue weighted by Crippen LogP contribution is 2.34. The third-order valence-electron chi connectivity index (χ3n) is 3.96. The molecule has 1 aromatic rings. The van der Waals surface area contributed by atoms with Crippen molar-refractivity contribution in [2.75, 3.05) is 23.8 Å². The molecular formula is C14H26N4O. The monoisotopic (exact) mass is 266 g/mol. The molecule has 5 nitrogen and oxygen atoms in total. The molecule has 1 aromatic heterocycles. The summed E-state index contributed by atoms with van der Waals surface area (Å²) in [6, 6.07) is 0.499. The van der Waals surface area contributed by atoms with Gasteiger partial charge in [-0.1, -0.05) is 13.3 Å². The van der Waals surface area contributed by atoms with Crippen molar-refractivity contribution < 1.29 is 5.11 Å². The molecule has 5 heteroatoms. The van der Waals surface area contributed by atoms with Gasteiger partial charge in [0.15, 0.2) is 5.82 Å². The summed E-state index contributed by atoms with van der Waals surface area (Å²) in [5.41, 5.74) is 8.16. The second-order valence-electron chi connectivity index (χ2n) is 5.41. The van der Waals surface area contributed by atoms with E-state index in [0.29, 0.717) is 6.04 Å². The normalized spacial score (nSPS) is 19.3. The first kappa shape index (κ1) is 14.2. The maximum atomic E-state index is 9.01. The van der Waals surface area contributed by atoms with E-state index in [2.05, 4.69) is 16.9 Å². The number of hydrogen-bond donors (Lipinski definition) is 2. The van der Waals surface area contributed by atoms with E-state index in [9.17, 15) is 0 Å². The summed E-state index contributed by atoms with van der Waals surface area (Å²) in [6.45, 7) is 3.46. The van der Waals surface area contributed by atoms with Crippen LogP contribution in [0.3, 0.4) is 0 Å². The Morgan fingerprint density at radius 2 is 2.26 bits per heavy atom. The van der Waals surface area contributed by atoms with Gasteiger partial charge in [-0.15, -0.1) is 0 Å². The summed E-state index contributed by atoms with van der Waals surface area (Å²) in [4.78, 5) is 2.39. The number of nitrogen functional groups attached to an aromatic ring is 1. The molecule has 0 saturated carbocycles. The lowest BCUT2D eigenvalue weighted by Gasteiger charge is -2.27. The molecule has 1 atom stereocenters. The van der Waals surface area contributed by atoms with Gasteiger partial charge in [0.2, 0.25) is 0 Å². The second kappa shape index (κ2) is 6.28. The van der Waals surface area contributed by atoms with Crippen molar-refractivity contribution in [2.24, 2.45) is 7.05 Å². The van der Waals surface area contributed by atoms with Crippen molar-refractivity contribution in [3.63, 3.8) is 0 Å². The van der Waals surface area contributed by atoms with Crippen molar-refractivity contribution in [1.82, 2.24) is 9.78 Å².